The molecule has 0 atom stereocenters. The predicted octanol–water partition coefficient (Wildman–Crippen LogP) is 2.06. The third-order valence-corrected chi connectivity index (χ3v) is 3.56. The Morgan fingerprint density at radius 3 is 2.81 bits per heavy atom. The fourth-order valence-corrected chi connectivity index (χ4v) is 2.44. The molecule has 0 unspecified atom stereocenters. The minimum absolute atomic E-state index is 0.0625. The molecule has 2 N–H and O–H groups in total. The molecule has 2 aromatic heterocycles. The second-order valence-corrected chi connectivity index (χ2v) is 5.06. The molecule has 0 radical (unpaired) electrons. The first-order valence-electron chi connectivity index (χ1n) is 6.99. The summed E-state index contributed by atoms with van der Waals surface area (Å²) in [5.41, 5.74) is 3.45. The highest BCUT2D eigenvalue weighted by Crippen LogP contribution is 2.19. The molecule has 0 amide bonds. The summed E-state index contributed by atoms with van der Waals surface area (Å²) in [6, 6.07) is 4.17. The lowest BCUT2D eigenvalue weighted by Crippen LogP contribution is -2.10. The number of carboxylic acid groups (broad SMARTS) is 1. The SMILES string of the molecule is O=C(O)c1cnc(NCc2ccc3c(n2)CCCC3)cn1. The van der Waals surface area contributed by atoms with Crippen molar-refractivity contribution in [1.82, 2.24) is 15.0 Å². The number of hydrogen-bond acceptors (Lipinski definition) is 5. The van der Waals surface area contributed by atoms with Gasteiger partial charge in [-0.3, -0.25) is 4.98 Å². The Morgan fingerprint density at radius 2 is 2.05 bits per heavy atom. The average molecular weight is 284 g/mol. The van der Waals surface area contributed by atoms with Crippen LogP contribution in [0.1, 0.15) is 40.3 Å². The Bertz CT molecular complexity index is 655. The minimum Gasteiger partial charge on any atom is -0.476 e. The molecule has 0 bridgehead atoms. The number of nitrogens with one attached hydrogen (secondary N) is 1. The van der Waals surface area contributed by atoms with Gasteiger partial charge in [-0.2, -0.15) is 0 Å². The zero-order chi connectivity index (χ0) is 14.7. The summed E-state index contributed by atoms with van der Waals surface area (Å²) in [5, 5.41) is 11.9. The molecule has 1 aliphatic carbocycles. The van der Waals surface area contributed by atoms with Crippen LogP contribution in [0.3, 0.4) is 0 Å². The number of nitrogens with zero attached hydrogens (tertiary/aromatic N) is 3. The Labute approximate surface area is 122 Å². The molecule has 0 spiro atoms. The number of aryl methyl sites for hydroxylation is 2. The van der Waals surface area contributed by atoms with Gasteiger partial charge in [-0.1, -0.05) is 6.07 Å². The highest BCUT2D eigenvalue weighted by molar-refractivity contribution is 5.84. The first-order valence-corrected chi connectivity index (χ1v) is 6.99. The van der Waals surface area contributed by atoms with E-state index in [1.807, 2.05) is 6.07 Å². The number of hydrogen-bond donors (Lipinski definition) is 2. The molecule has 0 saturated carbocycles. The van der Waals surface area contributed by atoms with Crippen LogP contribution in [0.25, 0.3) is 0 Å². The maximum Gasteiger partial charge on any atom is 0.356 e. The summed E-state index contributed by atoms with van der Waals surface area (Å²) in [4.78, 5) is 23.2. The maximum absolute atomic E-state index is 10.7. The van der Waals surface area contributed by atoms with Crippen molar-refractivity contribution in [2.24, 2.45) is 0 Å². The van der Waals surface area contributed by atoms with Crippen molar-refractivity contribution >= 4 is 11.8 Å². The molecule has 0 fully saturated rings. The first kappa shape index (κ1) is 13.5. The van der Waals surface area contributed by atoms with E-state index in [0.29, 0.717) is 12.4 Å². The van der Waals surface area contributed by atoms with E-state index in [2.05, 4.69) is 26.3 Å². The van der Waals surface area contributed by atoms with Crippen molar-refractivity contribution in [1.29, 1.82) is 0 Å². The molecular formula is C15H16N4O2. The van der Waals surface area contributed by atoms with Gasteiger partial charge in [0, 0.05) is 5.69 Å². The summed E-state index contributed by atoms with van der Waals surface area (Å²) >= 11 is 0. The predicted molar refractivity (Wildman–Crippen MR) is 77.2 cm³/mol. The van der Waals surface area contributed by atoms with E-state index in [1.165, 1.54) is 36.5 Å². The zero-order valence-electron chi connectivity index (χ0n) is 11.5. The lowest BCUT2D eigenvalue weighted by molar-refractivity contribution is 0.0690. The van der Waals surface area contributed by atoms with Gasteiger partial charge >= 0.3 is 5.97 Å². The second-order valence-electron chi connectivity index (χ2n) is 5.06. The van der Waals surface area contributed by atoms with Gasteiger partial charge in [-0.25, -0.2) is 14.8 Å². The van der Waals surface area contributed by atoms with E-state index in [1.54, 1.807) is 0 Å². The first-order chi connectivity index (χ1) is 10.2. The van der Waals surface area contributed by atoms with E-state index >= 15 is 0 Å². The number of aromatic nitrogens is 3. The van der Waals surface area contributed by atoms with Crippen molar-refractivity contribution in [3.63, 3.8) is 0 Å². The van der Waals surface area contributed by atoms with Crippen LogP contribution < -0.4 is 5.32 Å². The van der Waals surface area contributed by atoms with Gasteiger partial charge in [0.2, 0.25) is 0 Å². The monoisotopic (exact) mass is 284 g/mol. The summed E-state index contributed by atoms with van der Waals surface area (Å²) in [7, 11) is 0. The standard InChI is InChI=1S/C15H16N4O2/c20-15(21)13-8-18-14(9-16-13)17-7-11-6-5-10-3-1-2-4-12(10)19-11/h5-6,8-9H,1-4,7H2,(H,17,18)(H,20,21). The number of pyridine rings is 1. The van der Waals surface area contributed by atoms with Crippen molar-refractivity contribution < 1.29 is 9.90 Å². The molecule has 1 aliphatic rings. The van der Waals surface area contributed by atoms with Crippen LogP contribution in [0.15, 0.2) is 24.5 Å². The molecule has 0 saturated heterocycles. The highest BCUT2D eigenvalue weighted by atomic mass is 16.4. The van der Waals surface area contributed by atoms with Crippen LogP contribution in [-0.2, 0) is 19.4 Å². The Morgan fingerprint density at radius 1 is 1.19 bits per heavy atom. The molecule has 6 nitrogen and oxygen atoms in total. The summed E-state index contributed by atoms with van der Waals surface area (Å²) in [6.45, 7) is 0.550. The Balaban J connectivity index is 1.65. The average Bonchev–Trinajstić information content (AvgIpc) is 2.53. The summed E-state index contributed by atoms with van der Waals surface area (Å²) in [5.74, 6) is -0.537. The van der Waals surface area contributed by atoms with Crippen LogP contribution in [0.4, 0.5) is 5.82 Å². The van der Waals surface area contributed by atoms with E-state index in [0.717, 1.165) is 18.5 Å². The van der Waals surface area contributed by atoms with E-state index in [4.69, 9.17) is 5.11 Å². The zero-order valence-corrected chi connectivity index (χ0v) is 11.5. The molecule has 0 aromatic carbocycles. The molecular weight excluding hydrogens is 268 g/mol. The van der Waals surface area contributed by atoms with Gasteiger partial charge in [0.1, 0.15) is 5.82 Å². The van der Waals surface area contributed by atoms with Crippen LogP contribution in [0.2, 0.25) is 0 Å². The van der Waals surface area contributed by atoms with Crippen molar-refractivity contribution in [3.05, 3.63) is 47.2 Å². The number of carbonyl (C=O) groups is 1. The molecule has 2 aromatic rings. The normalized spacial score (nSPS) is 13.5. The maximum atomic E-state index is 10.7. The lowest BCUT2D eigenvalue weighted by Gasteiger charge is -2.15. The molecule has 0 aliphatic heterocycles. The second kappa shape index (κ2) is 5.87. The summed E-state index contributed by atoms with van der Waals surface area (Å²) in [6.07, 6.45) is 7.29. The Hall–Kier alpha value is -2.50. The summed E-state index contributed by atoms with van der Waals surface area (Å²) < 4.78 is 0. The van der Waals surface area contributed by atoms with Crippen LogP contribution in [-0.4, -0.2) is 26.0 Å². The molecule has 21 heavy (non-hydrogen) atoms. The number of aromatic carboxylic acids is 1. The molecule has 3 rings (SSSR count). The quantitative estimate of drug-likeness (QED) is 0.893. The largest absolute Gasteiger partial charge is 0.476 e. The third kappa shape index (κ3) is 3.16. The van der Waals surface area contributed by atoms with E-state index < -0.39 is 5.97 Å². The van der Waals surface area contributed by atoms with Gasteiger partial charge in [-0.15, -0.1) is 0 Å². The van der Waals surface area contributed by atoms with E-state index in [-0.39, 0.29) is 5.69 Å². The van der Waals surface area contributed by atoms with Crippen LogP contribution in [0.5, 0.6) is 0 Å². The number of carboxylic acids is 1. The molecule has 108 valence electrons. The minimum atomic E-state index is -1.08. The van der Waals surface area contributed by atoms with Crippen LogP contribution >= 0.6 is 0 Å². The van der Waals surface area contributed by atoms with Crippen LogP contribution in [0, 0.1) is 0 Å². The highest BCUT2D eigenvalue weighted by Gasteiger charge is 2.11. The number of anilines is 1. The number of rotatable bonds is 4. The van der Waals surface area contributed by atoms with Gasteiger partial charge < -0.3 is 10.4 Å². The fraction of sp³-hybridized carbons (Fsp3) is 0.333. The molecule has 2 heterocycles. The molecule has 6 heteroatoms. The van der Waals surface area contributed by atoms with Crippen molar-refractivity contribution in [2.75, 3.05) is 5.32 Å². The van der Waals surface area contributed by atoms with Gasteiger partial charge in [0.15, 0.2) is 5.69 Å². The van der Waals surface area contributed by atoms with Gasteiger partial charge in [-0.05, 0) is 37.3 Å². The van der Waals surface area contributed by atoms with E-state index in [9.17, 15) is 4.79 Å². The lowest BCUT2D eigenvalue weighted by atomic mass is 9.96. The fourth-order valence-electron chi connectivity index (χ4n) is 2.44. The van der Waals surface area contributed by atoms with Crippen molar-refractivity contribution in [3.8, 4) is 0 Å². The van der Waals surface area contributed by atoms with Gasteiger partial charge in [0.25, 0.3) is 0 Å². The third-order valence-electron chi connectivity index (χ3n) is 3.56. The smallest absolute Gasteiger partial charge is 0.356 e. The van der Waals surface area contributed by atoms with Crippen molar-refractivity contribution in [2.45, 2.75) is 32.2 Å². The Kier molecular flexibility index (Phi) is 3.77. The number of fused-ring (bicyclic) bond motifs is 1. The van der Waals surface area contributed by atoms with Gasteiger partial charge in [0.05, 0.1) is 24.6 Å². The topological polar surface area (TPSA) is 88.0 Å².